The largest absolute Gasteiger partial charge is 0.322 e. The van der Waals surface area contributed by atoms with Gasteiger partial charge in [0.15, 0.2) is 0 Å². The molecule has 2 heteroatoms. The van der Waals surface area contributed by atoms with E-state index in [-0.39, 0.29) is 5.54 Å². The Morgan fingerprint density at radius 2 is 1.94 bits per heavy atom. The average molecular weight is 308 g/mol. The standard InChI is InChI=1S/C16H22BrN/c1-16(18,14-4-6-15(17)7-5-14)10-13-9-11-2-3-12(13)8-11/h4-7,11-13H,2-3,8-10,18H2,1H3. The van der Waals surface area contributed by atoms with Crippen molar-refractivity contribution in [2.45, 2.75) is 44.6 Å². The zero-order chi connectivity index (χ0) is 12.8. The lowest BCUT2D eigenvalue weighted by molar-refractivity contribution is 0.253. The molecule has 1 aromatic carbocycles. The van der Waals surface area contributed by atoms with Gasteiger partial charge in [-0.1, -0.05) is 34.5 Å². The van der Waals surface area contributed by atoms with Crippen LogP contribution in [0.2, 0.25) is 0 Å². The molecule has 0 saturated heterocycles. The van der Waals surface area contributed by atoms with E-state index in [1.165, 1.54) is 31.2 Å². The van der Waals surface area contributed by atoms with Crippen molar-refractivity contribution in [1.29, 1.82) is 0 Å². The minimum atomic E-state index is -0.171. The molecule has 0 heterocycles. The van der Waals surface area contributed by atoms with Gasteiger partial charge in [-0.2, -0.15) is 0 Å². The van der Waals surface area contributed by atoms with E-state index in [2.05, 4.69) is 47.1 Å². The summed E-state index contributed by atoms with van der Waals surface area (Å²) in [5, 5.41) is 0. The Labute approximate surface area is 118 Å². The van der Waals surface area contributed by atoms with Gasteiger partial charge in [-0.05, 0) is 68.1 Å². The van der Waals surface area contributed by atoms with Crippen LogP contribution < -0.4 is 5.73 Å². The predicted octanol–water partition coefficient (Wildman–Crippen LogP) is 4.45. The zero-order valence-electron chi connectivity index (χ0n) is 11.0. The fourth-order valence-electron chi connectivity index (χ4n) is 4.12. The lowest BCUT2D eigenvalue weighted by Gasteiger charge is -2.32. The number of hydrogen-bond acceptors (Lipinski definition) is 1. The van der Waals surface area contributed by atoms with E-state index in [0.717, 1.165) is 28.6 Å². The maximum atomic E-state index is 6.58. The lowest BCUT2D eigenvalue weighted by Crippen LogP contribution is -2.36. The molecule has 0 radical (unpaired) electrons. The molecule has 0 aliphatic heterocycles. The van der Waals surface area contributed by atoms with Crippen LogP contribution in [0.1, 0.15) is 44.6 Å². The maximum absolute atomic E-state index is 6.58. The fourth-order valence-corrected chi connectivity index (χ4v) is 4.38. The van der Waals surface area contributed by atoms with Crippen LogP contribution in [0.25, 0.3) is 0 Å². The van der Waals surface area contributed by atoms with Crippen molar-refractivity contribution in [1.82, 2.24) is 0 Å². The predicted molar refractivity (Wildman–Crippen MR) is 79.2 cm³/mol. The summed E-state index contributed by atoms with van der Waals surface area (Å²) in [6.07, 6.45) is 6.97. The second-order valence-corrected chi connectivity index (χ2v) is 7.48. The molecule has 0 spiro atoms. The van der Waals surface area contributed by atoms with Crippen molar-refractivity contribution < 1.29 is 0 Å². The quantitative estimate of drug-likeness (QED) is 0.877. The highest BCUT2D eigenvalue weighted by Crippen LogP contribution is 2.51. The van der Waals surface area contributed by atoms with E-state index < -0.39 is 0 Å². The van der Waals surface area contributed by atoms with Crippen LogP contribution in [0.3, 0.4) is 0 Å². The normalized spacial score (nSPS) is 33.6. The molecule has 2 saturated carbocycles. The fraction of sp³-hybridized carbons (Fsp3) is 0.625. The number of hydrogen-bond donors (Lipinski definition) is 1. The summed E-state index contributed by atoms with van der Waals surface area (Å²) >= 11 is 3.49. The van der Waals surface area contributed by atoms with Crippen LogP contribution in [0.5, 0.6) is 0 Å². The Morgan fingerprint density at radius 1 is 1.22 bits per heavy atom. The Morgan fingerprint density at radius 3 is 2.50 bits per heavy atom. The third-order valence-electron chi connectivity index (χ3n) is 5.07. The highest BCUT2D eigenvalue weighted by Gasteiger charge is 2.41. The summed E-state index contributed by atoms with van der Waals surface area (Å²) in [5.41, 5.74) is 7.69. The maximum Gasteiger partial charge on any atom is 0.0383 e. The minimum absolute atomic E-state index is 0.171. The minimum Gasteiger partial charge on any atom is -0.322 e. The van der Waals surface area contributed by atoms with Gasteiger partial charge in [0.25, 0.3) is 0 Å². The van der Waals surface area contributed by atoms with Crippen molar-refractivity contribution in [3.8, 4) is 0 Å². The SMILES string of the molecule is CC(N)(CC1CC2CCC1C2)c1ccc(Br)cc1. The smallest absolute Gasteiger partial charge is 0.0383 e. The van der Waals surface area contributed by atoms with E-state index in [4.69, 9.17) is 5.73 Å². The lowest BCUT2D eigenvalue weighted by atomic mass is 9.77. The number of fused-ring (bicyclic) bond motifs is 2. The third-order valence-corrected chi connectivity index (χ3v) is 5.60. The first-order chi connectivity index (χ1) is 8.54. The van der Waals surface area contributed by atoms with E-state index in [1.807, 2.05) is 0 Å². The summed E-state index contributed by atoms with van der Waals surface area (Å²) in [6.45, 7) is 2.20. The molecule has 0 amide bonds. The first-order valence-electron chi connectivity index (χ1n) is 7.09. The van der Waals surface area contributed by atoms with Gasteiger partial charge in [0.05, 0.1) is 0 Å². The molecule has 4 atom stereocenters. The van der Waals surface area contributed by atoms with Gasteiger partial charge in [-0.15, -0.1) is 0 Å². The van der Waals surface area contributed by atoms with Gasteiger partial charge >= 0.3 is 0 Å². The zero-order valence-corrected chi connectivity index (χ0v) is 12.6. The van der Waals surface area contributed by atoms with E-state index in [9.17, 15) is 0 Å². The van der Waals surface area contributed by atoms with Crippen LogP contribution in [-0.2, 0) is 5.54 Å². The van der Waals surface area contributed by atoms with Crippen molar-refractivity contribution in [3.63, 3.8) is 0 Å². The van der Waals surface area contributed by atoms with Gasteiger partial charge in [0, 0.05) is 10.0 Å². The molecule has 2 aliphatic rings. The molecule has 4 unspecified atom stereocenters. The van der Waals surface area contributed by atoms with Crippen molar-refractivity contribution in [3.05, 3.63) is 34.3 Å². The van der Waals surface area contributed by atoms with Gasteiger partial charge in [0.2, 0.25) is 0 Å². The highest BCUT2D eigenvalue weighted by atomic mass is 79.9. The first-order valence-corrected chi connectivity index (χ1v) is 7.89. The van der Waals surface area contributed by atoms with E-state index in [1.54, 1.807) is 0 Å². The van der Waals surface area contributed by atoms with Crippen LogP contribution in [-0.4, -0.2) is 0 Å². The Bertz CT molecular complexity index is 423. The molecule has 2 aliphatic carbocycles. The molecule has 1 nitrogen and oxygen atoms in total. The van der Waals surface area contributed by atoms with Crippen LogP contribution in [0.15, 0.2) is 28.7 Å². The van der Waals surface area contributed by atoms with Crippen molar-refractivity contribution in [2.75, 3.05) is 0 Å². The second-order valence-electron chi connectivity index (χ2n) is 6.56. The highest BCUT2D eigenvalue weighted by molar-refractivity contribution is 9.10. The van der Waals surface area contributed by atoms with Gasteiger partial charge in [0.1, 0.15) is 0 Å². The van der Waals surface area contributed by atoms with Gasteiger partial charge in [-0.3, -0.25) is 0 Å². The van der Waals surface area contributed by atoms with Crippen LogP contribution >= 0.6 is 15.9 Å². The number of nitrogens with two attached hydrogens (primary N) is 1. The molecule has 2 bridgehead atoms. The molecule has 1 aromatic rings. The van der Waals surface area contributed by atoms with Crippen LogP contribution in [0, 0.1) is 17.8 Å². The molecule has 0 aromatic heterocycles. The van der Waals surface area contributed by atoms with Crippen molar-refractivity contribution >= 4 is 15.9 Å². The number of benzene rings is 1. The Kier molecular flexibility index (Phi) is 3.27. The summed E-state index contributed by atoms with van der Waals surface area (Å²) < 4.78 is 1.13. The Hall–Kier alpha value is -0.340. The molecule has 18 heavy (non-hydrogen) atoms. The molecule has 2 fully saturated rings. The average Bonchev–Trinajstić information content (AvgIpc) is 2.91. The monoisotopic (exact) mass is 307 g/mol. The molecule has 2 N–H and O–H groups in total. The molecule has 98 valence electrons. The van der Waals surface area contributed by atoms with E-state index >= 15 is 0 Å². The number of halogens is 1. The molecular formula is C16H22BrN. The molecular weight excluding hydrogens is 286 g/mol. The van der Waals surface area contributed by atoms with Gasteiger partial charge in [-0.25, -0.2) is 0 Å². The number of rotatable bonds is 3. The van der Waals surface area contributed by atoms with Crippen molar-refractivity contribution in [2.24, 2.45) is 23.5 Å². The second kappa shape index (κ2) is 4.64. The molecule has 3 rings (SSSR count). The third kappa shape index (κ3) is 2.37. The van der Waals surface area contributed by atoms with E-state index in [0.29, 0.717) is 0 Å². The Balaban J connectivity index is 1.72. The first kappa shape index (κ1) is 12.7. The van der Waals surface area contributed by atoms with Gasteiger partial charge < -0.3 is 5.73 Å². The summed E-state index contributed by atoms with van der Waals surface area (Å²) in [5.74, 6) is 2.84. The summed E-state index contributed by atoms with van der Waals surface area (Å²) in [7, 11) is 0. The van der Waals surface area contributed by atoms with Crippen LogP contribution in [0.4, 0.5) is 0 Å². The topological polar surface area (TPSA) is 26.0 Å². The summed E-state index contributed by atoms with van der Waals surface area (Å²) in [6, 6.07) is 8.52. The summed E-state index contributed by atoms with van der Waals surface area (Å²) in [4.78, 5) is 0.